The maximum Gasteiger partial charge on any atom is 0.254 e. The van der Waals surface area contributed by atoms with Crippen LogP contribution in [0.25, 0.3) is 0 Å². The van der Waals surface area contributed by atoms with Gasteiger partial charge in [-0.25, -0.2) is 9.37 Å². The van der Waals surface area contributed by atoms with E-state index < -0.39 is 0 Å². The fourth-order valence-corrected chi connectivity index (χ4v) is 3.50. The molecule has 0 saturated heterocycles. The van der Waals surface area contributed by atoms with E-state index in [4.69, 9.17) is 0 Å². The number of benzene rings is 1. The number of aromatic nitrogens is 2. The molecule has 1 amide bonds. The summed E-state index contributed by atoms with van der Waals surface area (Å²) >= 11 is 1.42. The monoisotopic (exact) mass is 333 g/mol. The van der Waals surface area contributed by atoms with Gasteiger partial charge in [0.1, 0.15) is 5.82 Å². The number of amides is 1. The number of carbonyl (C=O) groups excluding carboxylic acids is 1. The SMILES string of the molecule is O=C(NCCc1ccc(F)cc1)C1CSc2nccc(=O)n2C1. The van der Waals surface area contributed by atoms with E-state index in [1.54, 1.807) is 16.7 Å². The second-order valence-corrected chi connectivity index (χ2v) is 6.34. The van der Waals surface area contributed by atoms with Crippen molar-refractivity contribution in [2.45, 2.75) is 18.1 Å². The first-order chi connectivity index (χ1) is 11.1. The van der Waals surface area contributed by atoms with Crippen molar-refractivity contribution in [2.75, 3.05) is 12.3 Å². The molecule has 0 radical (unpaired) electrons. The number of fused-ring (bicyclic) bond motifs is 1. The van der Waals surface area contributed by atoms with Crippen LogP contribution in [-0.4, -0.2) is 27.8 Å². The third-order valence-electron chi connectivity index (χ3n) is 3.71. The number of rotatable bonds is 4. The minimum atomic E-state index is -0.269. The molecule has 23 heavy (non-hydrogen) atoms. The first-order valence-corrected chi connectivity index (χ1v) is 8.33. The molecule has 1 aliphatic rings. The van der Waals surface area contributed by atoms with E-state index in [0.29, 0.717) is 30.4 Å². The number of hydrogen-bond acceptors (Lipinski definition) is 4. The Hall–Kier alpha value is -2.15. The predicted molar refractivity (Wildman–Crippen MR) is 85.8 cm³/mol. The Balaban J connectivity index is 1.54. The minimum Gasteiger partial charge on any atom is -0.355 e. The topological polar surface area (TPSA) is 64.0 Å². The number of nitrogens with zero attached hydrogens (tertiary/aromatic N) is 2. The van der Waals surface area contributed by atoms with Gasteiger partial charge in [-0.1, -0.05) is 23.9 Å². The summed E-state index contributed by atoms with van der Waals surface area (Å²) in [6.07, 6.45) is 2.13. The molecular weight excluding hydrogens is 317 g/mol. The van der Waals surface area contributed by atoms with Crippen LogP contribution in [-0.2, 0) is 17.8 Å². The maximum atomic E-state index is 12.8. The van der Waals surface area contributed by atoms with Crippen LogP contribution in [0.3, 0.4) is 0 Å². The molecule has 1 aromatic heterocycles. The van der Waals surface area contributed by atoms with Gasteiger partial charge in [-0.3, -0.25) is 14.2 Å². The summed E-state index contributed by atoms with van der Waals surface area (Å²) in [7, 11) is 0. The molecule has 1 atom stereocenters. The fourth-order valence-electron chi connectivity index (χ4n) is 2.43. The molecule has 0 fully saturated rings. The lowest BCUT2D eigenvalue weighted by Gasteiger charge is -2.23. The molecule has 2 aromatic rings. The Morgan fingerprint density at radius 1 is 1.35 bits per heavy atom. The van der Waals surface area contributed by atoms with Gasteiger partial charge in [-0.05, 0) is 24.1 Å². The molecule has 0 aliphatic carbocycles. The number of hydrogen-bond donors (Lipinski definition) is 1. The Kier molecular flexibility index (Phi) is 4.76. The van der Waals surface area contributed by atoms with Crippen molar-refractivity contribution in [1.29, 1.82) is 0 Å². The normalized spacial score (nSPS) is 16.7. The largest absolute Gasteiger partial charge is 0.355 e. The van der Waals surface area contributed by atoms with Crippen molar-refractivity contribution in [3.63, 3.8) is 0 Å². The van der Waals surface area contributed by atoms with Crippen LogP contribution in [0.2, 0.25) is 0 Å². The van der Waals surface area contributed by atoms with Gasteiger partial charge in [-0.15, -0.1) is 0 Å². The Bertz CT molecular complexity index is 761. The summed E-state index contributed by atoms with van der Waals surface area (Å²) in [6.45, 7) is 0.845. The van der Waals surface area contributed by atoms with Crippen LogP contribution >= 0.6 is 11.8 Å². The van der Waals surface area contributed by atoms with Gasteiger partial charge in [0.25, 0.3) is 5.56 Å². The number of nitrogens with one attached hydrogen (secondary N) is 1. The van der Waals surface area contributed by atoms with Crippen LogP contribution in [0.4, 0.5) is 4.39 Å². The zero-order chi connectivity index (χ0) is 16.2. The number of carbonyl (C=O) groups is 1. The van der Waals surface area contributed by atoms with Gasteiger partial charge in [0.05, 0.1) is 5.92 Å². The molecular formula is C16H16FN3O2S. The highest BCUT2D eigenvalue weighted by atomic mass is 32.2. The first-order valence-electron chi connectivity index (χ1n) is 7.34. The molecule has 7 heteroatoms. The van der Waals surface area contributed by atoms with Crippen LogP contribution in [0.5, 0.6) is 0 Å². The lowest BCUT2D eigenvalue weighted by Crippen LogP contribution is -2.40. The molecule has 0 spiro atoms. The van der Waals surface area contributed by atoms with Crippen LogP contribution in [0.1, 0.15) is 5.56 Å². The molecule has 5 nitrogen and oxygen atoms in total. The van der Waals surface area contributed by atoms with E-state index in [1.165, 1.54) is 36.2 Å². The summed E-state index contributed by atoms with van der Waals surface area (Å²) in [5.41, 5.74) is 0.835. The second-order valence-electron chi connectivity index (χ2n) is 5.35. The van der Waals surface area contributed by atoms with Gasteiger partial charge < -0.3 is 5.32 Å². The van der Waals surface area contributed by atoms with E-state index >= 15 is 0 Å². The highest BCUT2D eigenvalue weighted by Gasteiger charge is 2.26. The number of thioether (sulfide) groups is 1. The smallest absolute Gasteiger partial charge is 0.254 e. The summed E-state index contributed by atoms with van der Waals surface area (Å²) in [5.74, 6) is 0.0251. The molecule has 1 aliphatic heterocycles. The molecule has 120 valence electrons. The van der Waals surface area contributed by atoms with Gasteiger partial charge >= 0.3 is 0 Å². The number of halogens is 1. The Morgan fingerprint density at radius 2 is 2.13 bits per heavy atom. The third kappa shape index (κ3) is 3.79. The van der Waals surface area contributed by atoms with Crippen molar-refractivity contribution in [1.82, 2.24) is 14.9 Å². The van der Waals surface area contributed by atoms with Crippen molar-refractivity contribution in [2.24, 2.45) is 5.92 Å². The van der Waals surface area contributed by atoms with Gasteiger partial charge in [0.15, 0.2) is 5.16 Å². The van der Waals surface area contributed by atoms with Crippen LogP contribution in [0, 0.1) is 11.7 Å². The summed E-state index contributed by atoms with van der Waals surface area (Å²) in [5, 5.41) is 3.54. The Labute approximate surface area is 136 Å². The van der Waals surface area contributed by atoms with Crippen molar-refractivity contribution >= 4 is 17.7 Å². The van der Waals surface area contributed by atoms with Crippen molar-refractivity contribution < 1.29 is 9.18 Å². The average Bonchev–Trinajstić information content (AvgIpc) is 2.57. The van der Waals surface area contributed by atoms with E-state index in [-0.39, 0.29) is 23.2 Å². The zero-order valence-corrected chi connectivity index (χ0v) is 13.2. The van der Waals surface area contributed by atoms with E-state index in [1.807, 2.05) is 0 Å². The van der Waals surface area contributed by atoms with Crippen molar-refractivity contribution in [3.05, 3.63) is 58.3 Å². The molecule has 1 N–H and O–H groups in total. The molecule has 3 rings (SSSR count). The zero-order valence-electron chi connectivity index (χ0n) is 12.4. The lowest BCUT2D eigenvalue weighted by molar-refractivity contribution is -0.124. The summed E-state index contributed by atoms with van der Waals surface area (Å²) in [6, 6.07) is 7.63. The Morgan fingerprint density at radius 3 is 2.91 bits per heavy atom. The standard InChI is InChI=1S/C16H16FN3O2S/c17-13-3-1-11(2-4-13)5-7-18-15(22)12-9-20-14(21)6-8-19-16(20)23-10-12/h1-4,6,8,12H,5,7,9-10H2,(H,18,22). The highest BCUT2D eigenvalue weighted by Crippen LogP contribution is 2.24. The van der Waals surface area contributed by atoms with Crippen LogP contribution < -0.4 is 10.9 Å². The average molecular weight is 333 g/mol. The third-order valence-corrected chi connectivity index (χ3v) is 4.87. The minimum absolute atomic E-state index is 0.0685. The van der Waals surface area contributed by atoms with E-state index in [9.17, 15) is 14.0 Å². The summed E-state index contributed by atoms with van der Waals surface area (Å²) < 4.78 is 14.4. The quantitative estimate of drug-likeness (QED) is 0.861. The predicted octanol–water partition coefficient (Wildman–Crippen LogP) is 1.46. The first kappa shape index (κ1) is 15.7. The second kappa shape index (κ2) is 6.95. The molecule has 0 bridgehead atoms. The van der Waals surface area contributed by atoms with Gasteiger partial charge in [0.2, 0.25) is 5.91 Å². The van der Waals surface area contributed by atoms with Gasteiger partial charge in [0, 0.05) is 31.1 Å². The van der Waals surface area contributed by atoms with Crippen LogP contribution in [0.15, 0.2) is 46.5 Å². The lowest BCUT2D eigenvalue weighted by atomic mass is 10.1. The maximum absolute atomic E-state index is 12.8. The molecule has 2 heterocycles. The fraction of sp³-hybridized carbons (Fsp3) is 0.312. The molecule has 1 unspecified atom stereocenters. The molecule has 1 aromatic carbocycles. The van der Waals surface area contributed by atoms with E-state index in [2.05, 4.69) is 10.3 Å². The highest BCUT2D eigenvalue weighted by molar-refractivity contribution is 7.99. The van der Waals surface area contributed by atoms with Gasteiger partial charge in [-0.2, -0.15) is 0 Å². The van der Waals surface area contributed by atoms with Crippen molar-refractivity contribution in [3.8, 4) is 0 Å². The van der Waals surface area contributed by atoms with E-state index in [0.717, 1.165) is 5.56 Å². The molecule has 0 saturated carbocycles. The summed E-state index contributed by atoms with van der Waals surface area (Å²) in [4.78, 5) is 28.2.